The minimum atomic E-state index is -3.63. The smallest absolute Gasteiger partial charge is 0.241 e. The van der Waals surface area contributed by atoms with Gasteiger partial charge in [-0.05, 0) is 37.2 Å². The third-order valence-corrected chi connectivity index (χ3v) is 4.86. The lowest BCUT2D eigenvalue weighted by Gasteiger charge is -2.13. The van der Waals surface area contributed by atoms with Gasteiger partial charge in [-0.1, -0.05) is 11.6 Å². The van der Waals surface area contributed by atoms with Gasteiger partial charge < -0.3 is 5.32 Å². The second-order valence-corrected chi connectivity index (χ2v) is 6.82. The molecule has 8 heteroatoms. The molecule has 1 aromatic carbocycles. The number of H-pyrrole nitrogens is 1. The number of hydrogen-bond donors (Lipinski definition) is 3. The largest absolute Gasteiger partial charge is 0.316 e. The van der Waals surface area contributed by atoms with Gasteiger partial charge in [0.15, 0.2) is 0 Å². The van der Waals surface area contributed by atoms with Crippen LogP contribution in [0.4, 0.5) is 0 Å². The van der Waals surface area contributed by atoms with Gasteiger partial charge in [-0.3, -0.25) is 5.10 Å². The van der Waals surface area contributed by atoms with Gasteiger partial charge in [0.25, 0.3) is 0 Å². The van der Waals surface area contributed by atoms with Crippen LogP contribution < -0.4 is 10.0 Å². The maximum atomic E-state index is 12.4. The zero-order chi connectivity index (χ0) is 15.5. The van der Waals surface area contributed by atoms with E-state index in [-0.39, 0.29) is 11.4 Å². The quantitative estimate of drug-likeness (QED) is 0.751. The molecule has 2 aromatic rings. The molecule has 0 amide bonds. The first-order valence-corrected chi connectivity index (χ1v) is 8.21. The second kappa shape index (κ2) is 6.57. The lowest BCUT2D eigenvalue weighted by Crippen LogP contribution is -2.24. The molecule has 0 aliphatic rings. The van der Waals surface area contributed by atoms with Crippen LogP contribution in [-0.2, 0) is 23.1 Å². The molecule has 114 valence electrons. The summed E-state index contributed by atoms with van der Waals surface area (Å²) in [4.78, 5) is 0.198. The van der Waals surface area contributed by atoms with E-state index in [0.29, 0.717) is 17.1 Å². The van der Waals surface area contributed by atoms with Crippen molar-refractivity contribution in [1.82, 2.24) is 20.2 Å². The summed E-state index contributed by atoms with van der Waals surface area (Å²) in [5.74, 6) is 0. The Morgan fingerprint density at radius 1 is 1.33 bits per heavy atom. The van der Waals surface area contributed by atoms with Crippen molar-refractivity contribution in [3.05, 3.63) is 46.2 Å². The van der Waals surface area contributed by atoms with Crippen LogP contribution in [0.5, 0.6) is 0 Å². The van der Waals surface area contributed by atoms with E-state index in [0.717, 1.165) is 11.1 Å². The average molecular weight is 329 g/mol. The molecule has 3 N–H and O–H groups in total. The van der Waals surface area contributed by atoms with Crippen molar-refractivity contribution in [2.45, 2.75) is 24.9 Å². The topological polar surface area (TPSA) is 86.9 Å². The fraction of sp³-hybridized carbons (Fsp3) is 0.308. The summed E-state index contributed by atoms with van der Waals surface area (Å²) in [6, 6.07) is 3.23. The number of nitrogens with one attached hydrogen (secondary N) is 3. The molecule has 21 heavy (non-hydrogen) atoms. The monoisotopic (exact) mass is 328 g/mol. The molecule has 0 fully saturated rings. The maximum Gasteiger partial charge on any atom is 0.241 e. The highest BCUT2D eigenvalue weighted by Gasteiger charge is 2.19. The van der Waals surface area contributed by atoms with E-state index in [4.69, 9.17) is 11.6 Å². The molecule has 0 unspecified atom stereocenters. The molecule has 1 heterocycles. The molecule has 1 aromatic heterocycles. The molecular weight excluding hydrogens is 312 g/mol. The van der Waals surface area contributed by atoms with Crippen molar-refractivity contribution in [3.63, 3.8) is 0 Å². The Labute approximate surface area is 129 Å². The van der Waals surface area contributed by atoms with Gasteiger partial charge >= 0.3 is 0 Å². The maximum absolute atomic E-state index is 12.4. The average Bonchev–Trinajstić information content (AvgIpc) is 2.94. The van der Waals surface area contributed by atoms with E-state index in [9.17, 15) is 8.42 Å². The van der Waals surface area contributed by atoms with E-state index in [1.165, 1.54) is 6.07 Å². The van der Waals surface area contributed by atoms with E-state index in [1.54, 1.807) is 32.4 Å². The number of sulfonamides is 1. The third kappa shape index (κ3) is 3.82. The predicted molar refractivity (Wildman–Crippen MR) is 81.6 cm³/mol. The minimum absolute atomic E-state index is 0.173. The third-order valence-electron chi connectivity index (χ3n) is 3.11. The molecular formula is C13H17ClN4O2S. The van der Waals surface area contributed by atoms with Crippen molar-refractivity contribution in [2.24, 2.45) is 0 Å². The van der Waals surface area contributed by atoms with Crippen molar-refractivity contribution < 1.29 is 8.42 Å². The molecule has 0 aliphatic carbocycles. The van der Waals surface area contributed by atoms with Crippen LogP contribution in [0.3, 0.4) is 0 Å². The number of hydrogen-bond acceptors (Lipinski definition) is 4. The van der Waals surface area contributed by atoms with Gasteiger partial charge in [-0.15, -0.1) is 0 Å². The van der Waals surface area contributed by atoms with Crippen LogP contribution >= 0.6 is 11.6 Å². The summed E-state index contributed by atoms with van der Waals surface area (Å²) in [6.07, 6.45) is 3.21. The molecule has 0 saturated heterocycles. The van der Waals surface area contributed by atoms with Gasteiger partial charge in [0.05, 0.1) is 11.1 Å². The van der Waals surface area contributed by atoms with Gasteiger partial charge in [-0.25, -0.2) is 13.1 Å². The van der Waals surface area contributed by atoms with Gasteiger partial charge in [0.2, 0.25) is 10.0 Å². The van der Waals surface area contributed by atoms with Crippen molar-refractivity contribution >= 4 is 21.6 Å². The van der Waals surface area contributed by atoms with Crippen molar-refractivity contribution in [3.8, 4) is 0 Å². The van der Waals surface area contributed by atoms with Gasteiger partial charge in [0.1, 0.15) is 0 Å². The van der Waals surface area contributed by atoms with E-state index in [2.05, 4.69) is 20.2 Å². The molecule has 0 bridgehead atoms. The normalized spacial score (nSPS) is 11.8. The molecule has 0 radical (unpaired) electrons. The zero-order valence-electron chi connectivity index (χ0n) is 11.8. The lowest BCUT2D eigenvalue weighted by atomic mass is 10.1. The standard InChI is InChI=1S/C13H17ClN4O2S/c1-9-11(8-15-2)3-12(14)4-13(9)21(19,20)18-7-10-5-16-17-6-10/h3-6,15,18H,7-8H2,1-2H3,(H,16,17). The Balaban J connectivity index is 2.30. The summed E-state index contributed by atoms with van der Waals surface area (Å²) < 4.78 is 27.4. The van der Waals surface area contributed by atoms with Gasteiger partial charge in [0, 0.05) is 29.9 Å². The molecule has 0 atom stereocenters. The fourth-order valence-corrected chi connectivity index (χ4v) is 3.63. The summed E-state index contributed by atoms with van der Waals surface area (Å²) in [5, 5.41) is 9.81. The minimum Gasteiger partial charge on any atom is -0.316 e. The number of benzene rings is 1. The molecule has 0 saturated carbocycles. The van der Waals surface area contributed by atoms with Gasteiger partial charge in [-0.2, -0.15) is 5.10 Å². The first kappa shape index (κ1) is 16.0. The number of aromatic amines is 1. The Morgan fingerprint density at radius 3 is 2.71 bits per heavy atom. The second-order valence-electron chi connectivity index (χ2n) is 4.65. The number of rotatable bonds is 6. The zero-order valence-corrected chi connectivity index (χ0v) is 13.3. The Morgan fingerprint density at radius 2 is 2.10 bits per heavy atom. The summed E-state index contributed by atoms with van der Waals surface area (Å²) in [6.45, 7) is 2.50. The number of nitrogens with zero attached hydrogens (tertiary/aromatic N) is 1. The Hall–Kier alpha value is -1.41. The fourth-order valence-electron chi connectivity index (χ4n) is 1.99. The summed E-state index contributed by atoms with van der Waals surface area (Å²) in [7, 11) is -1.84. The lowest BCUT2D eigenvalue weighted by molar-refractivity contribution is 0.580. The summed E-state index contributed by atoms with van der Waals surface area (Å²) in [5.41, 5.74) is 2.30. The highest BCUT2D eigenvalue weighted by Crippen LogP contribution is 2.24. The number of halogens is 1. The predicted octanol–water partition coefficient (Wildman–Crippen LogP) is 1.57. The first-order valence-electron chi connectivity index (χ1n) is 6.35. The summed E-state index contributed by atoms with van der Waals surface area (Å²) >= 11 is 6.03. The first-order chi connectivity index (χ1) is 9.94. The Kier molecular flexibility index (Phi) is 5.00. The van der Waals surface area contributed by atoms with E-state index >= 15 is 0 Å². The van der Waals surface area contributed by atoms with Crippen LogP contribution in [0.2, 0.25) is 5.02 Å². The van der Waals surface area contributed by atoms with Crippen molar-refractivity contribution in [2.75, 3.05) is 7.05 Å². The molecule has 6 nitrogen and oxygen atoms in total. The highest BCUT2D eigenvalue weighted by atomic mass is 35.5. The van der Waals surface area contributed by atoms with Crippen LogP contribution in [0.1, 0.15) is 16.7 Å². The van der Waals surface area contributed by atoms with E-state index < -0.39 is 10.0 Å². The van der Waals surface area contributed by atoms with Crippen LogP contribution in [0, 0.1) is 6.92 Å². The van der Waals surface area contributed by atoms with Crippen LogP contribution in [-0.4, -0.2) is 25.7 Å². The van der Waals surface area contributed by atoms with Crippen LogP contribution in [0.15, 0.2) is 29.4 Å². The Bertz CT molecular complexity index is 714. The molecule has 0 spiro atoms. The molecule has 2 rings (SSSR count). The van der Waals surface area contributed by atoms with Crippen LogP contribution in [0.25, 0.3) is 0 Å². The highest BCUT2D eigenvalue weighted by molar-refractivity contribution is 7.89. The number of aromatic nitrogens is 2. The van der Waals surface area contributed by atoms with E-state index in [1.807, 2.05) is 0 Å². The molecule has 0 aliphatic heterocycles. The SMILES string of the molecule is CNCc1cc(Cl)cc(S(=O)(=O)NCc2cn[nH]c2)c1C. The van der Waals surface area contributed by atoms with Crippen molar-refractivity contribution in [1.29, 1.82) is 0 Å².